The van der Waals surface area contributed by atoms with Crippen LogP contribution in [-0.2, 0) is 6.54 Å². The summed E-state index contributed by atoms with van der Waals surface area (Å²) in [5.41, 5.74) is 1.66. The lowest BCUT2D eigenvalue weighted by Gasteiger charge is -2.16. The van der Waals surface area contributed by atoms with Crippen LogP contribution in [0.25, 0.3) is 16.9 Å². The maximum Gasteiger partial charge on any atom is 0.128 e. The molecule has 128 valence electrons. The van der Waals surface area contributed by atoms with Crippen LogP contribution in [0.4, 0.5) is 0 Å². The summed E-state index contributed by atoms with van der Waals surface area (Å²) >= 11 is 0. The van der Waals surface area contributed by atoms with Crippen LogP contribution in [0.2, 0.25) is 0 Å². The van der Waals surface area contributed by atoms with Gasteiger partial charge >= 0.3 is 0 Å². The second-order valence-corrected chi connectivity index (χ2v) is 6.35. The van der Waals surface area contributed by atoms with Gasteiger partial charge in [0, 0.05) is 18.0 Å². The minimum Gasteiger partial charge on any atom is -0.496 e. The quantitative estimate of drug-likeness (QED) is 0.772. The SMILES string of the molecule is COc1ccc(C#N)cc1-c1nn(CC(C)(C)O)cc1-n1cccn1. The molecule has 7 nitrogen and oxygen atoms in total. The number of hydrogen-bond acceptors (Lipinski definition) is 5. The van der Waals surface area contributed by atoms with Gasteiger partial charge in [-0.2, -0.15) is 15.5 Å². The van der Waals surface area contributed by atoms with Crippen molar-refractivity contribution in [2.75, 3.05) is 7.11 Å². The monoisotopic (exact) mass is 337 g/mol. The van der Waals surface area contributed by atoms with E-state index in [1.54, 1.807) is 54.7 Å². The molecule has 0 aliphatic heterocycles. The van der Waals surface area contributed by atoms with Crippen molar-refractivity contribution in [1.29, 1.82) is 5.26 Å². The standard InChI is InChI=1S/C18H19N5O2/c1-18(2,24)12-22-11-15(23-8-4-7-20-23)17(21-22)14-9-13(10-19)5-6-16(14)25-3/h4-9,11,24H,12H2,1-3H3. The van der Waals surface area contributed by atoms with Crippen molar-refractivity contribution in [2.45, 2.75) is 26.0 Å². The zero-order chi connectivity index (χ0) is 18.0. The van der Waals surface area contributed by atoms with Crippen molar-refractivity contribution < 1.29 is 9.84 Å². The van der Waals surface area contributed by atoms with Gasteiger partial charge in [0.25, 0.3) is 0 Å². The van der Waals surface area contributed by atoms with Crippen LogP contribution < -0.4 is 4.74 Å². The van der Waals surface area contributed by atoms with Gasteiger partial charge in [-0.25, -0.2) is 4.68 Å². The Balaban J connectivity index is 2.20. The predicted octanol–water partition coefficient (Wildman–Crippen LogP) is 2.39. The van der Waals surface area contributed by atoms with E-state index in [1.807, 2.05) is 18.5 Å². The first-order chi connectivity index (χ1) is 11.9. The molecule has 0 aliphatic rings. The molecule has 0 fully saturated rings. The highest BCUT2D eigenvalue weighted by molar-refractivity contribution is 5.75. The number of hydrogen-bond donors (Lipinski definition) is 1. The van der Waals surface area contributed by atoms with Crippen molar-refractivity contribution in [3.63, 3.8) is 0 Å². The summed E-state index contributed by atoms with van der Waals surface area (Å²) in [5, 5.41) is 28.2. The molecule has 0 amide bonds. The maximum atomic E-state index is 10.1. The van der Waals surface area contributed by atoms with Gasteiger partial charge in [-0.15, -0.1) is 0 Å². The van der Waals surface area contributed by atoms with Gasteiger partial charge < -0.3 is 9.84 Å². The molecule has 0 aliphatic carbocycles. The number of aliphatic hydroxyl groups is 1. The van der Waals surface area contributed by atoms with Gasteiger partial charge in [-0.1, -0.05) is 0 Å². The third kappa shape index (κ3) is 3.54. The van der Waals surface area contributed by atoms with E-state index in [0.717, 1.165) is 5.69 Å². The number of rotatable bonds is 5. The van der Waals surface area contributed by atoms with E-state index in [4.69, 9.17) is 4.74 Å². The van der Waals surface area contributed by atoms with Crippen LogP contribution in [0.5, 0.6) is 5.75 Å². The van der Waals surface area contributed by atoms with Crippen molar-refractivity contribution in [1.82, 2.24) is 19.6 Å². The first-order valence-electron chi connectivity index (χ1n) is 7.79. The van der Waals surface area contributed by atoms with Gasteiger partial charge in [0.15, 0.2) is 0 Å². The molecule has 0 bridgehead atoms. The fourth-order valence-electron chi connectivity index (χ4n) is 2.62. The average molecular weight is 337 g/mol. The molecule has 0 radical (unpaired) electrons. The van der Waals surface area contributed by atoms with E-state index in [-0.39, 0.29) is 0 Å². The second kappa shape index (κ2) is 6.42. The molecule has 2 heterocycles. The van der Waals surface area contributed by atoms with E-state index >= 15 is 0 Å². The summed E-state index contributed by atoms with van der Waals surface area (Å²) in [6.07, 6.45) is 5.31. The Kier molecular flexibility index (Phi) is 4.30. The first kappa shape index (κ1) is 16.7. The molecule has 2 aromatic heterocycles. The molecule has 3 aromatic rings. The Morgan fingerprint density at radius 2 is 2.16 bits per heavy atom. The summed E-state index contributed by atoms with van der Waals surface area (Å²) in [5.74, 6) is 0.612. The van der Waals surface area contributed by atoms with Gasteiger partial charge in [0.2, 0.25) is 0 Å². The van der Waals surface area contributed by atoms with Crippen molar-refractivity contribution in [3.8, 4) is 28.8 Å². The summed E-state index contributed by atoms with van der Waals surface area (Å²) in [6, 6.07) is 9.14. The summed E-state index contributed by atoms with van der Waals surface area (Å²) in [4.78, 5) is 0. The van der Waals surface area contributed by atoms with Crippen LogP contribution in [0, 0.1) is 11.3 Å². The summed E-state index contributed by atoms with van der Waals surface area (Å²) in [6.45, 7) is 3.76. The smallest absolute Gasteiger partial charge is 0.128 e. The largest absolute Gasteiger partial charge is 0.496 e. The zero-order valence-electron chi connectivity index (χ0n) is 14.3. The van der Waals surface area contributed by atoms with Gasteiger partial charge in [-0.05, 0) is 38.1 Å². The molecule has 1 aromatic carbocycles. The third-order valence-electron chi connectivity index (χ3n) is 3.63. The van der Waals surface area contributed by atoms with Crippen LogP contribution in [0.3, 0.4) is 0 Å². The van der Waals surface area contributed by atoms with E-state index in [9.17, 15) is 10.4 Å². The molecular weight excluding hydrogens is 318 g/mol. The van der Waals surface area contributed by atoms with E-state index in [0.29, 0.717) is 29.1 Å². The molecule has 0 unspecified atom stereocenters. The van der Waals surface area contributed by atoms with Gasteiger partial charge in [-0.3, -0.25) is 4.68 Å². The predicted molar refractivity (Wildman–Crippen MR) is 92.3 cm³/mol. The number of ether oxygens (including phenoxy) is 1. The highest BCUT2D eigenvalue weighted by Crippen LogP contribution is 2.34. The minimum absolute atomic E-state index is 0.321. The number of nitrogens with zero attached hydrogens (tertiary/aromatic N) is 5. The van der Waals surface area contributed by atoms with Crippen LogP contribution in [0.15, 0.2) is 42.9 Å². The lowest BCUT2D eigenvalue weighted by atomic mass is 10.1. The number of methoxy groups -OCH3 is 1. The molecular formula is C18H19N5O2. The molecule has 0 atom stereocenters. The van der Waals surface area contributed by atoms with Crippen LogP contribution >= 0.6 is 0 Å². The molecule has 0 spiro atoms. The molecule has 0 saturated heterocycles. The average Bonchev–Trinajstić information content (AvgIpc) is 3.21. The minimum atomic E-state index is -0.913. The third-order valence-corrected chi connectivity index (χ3v) is 3.63. The highest BCUT2D eigenvalue weighted by Gasteiger charge is 2.21. The topological polar surface area (TPSA) is 88.9 Å². The molecule has 1 N–H and O–H groups in total. The summed E-state index contributed by atoms with van der Waals surface area (Å²) < 4.78 is 8.81. The van der Waals surface area contributed by atoms with Crippen LogP contribution in [-0.4, -0.2) is 37.4 Å². The van der Waals surface area contributed by atoms with Crippen LogP contribution in [0.1, 0.15) is 19.4 Å². The zero-order valence-corrected chi connectivity index (χ0v) is 14.3. The van der Waals surface area contributed by atoms with Crippen molar-refractivity contribution in [3.05, 3.63) is 48.4 Å². The van der Waals surface area contributed by atoms with E-state index < -0.39 is 5.60 Å². The Labute approximate surface area is 145 Å². The fourth-order valence-corrected chi connectivity index (χ4v) is 2.62. The lowest BCUT2D eigenvalue weighted by Crippen LogP contribution is -2.26. The van der Waals surface area contributed by atoms with Gasteiger partial charge in [0.05, 0.1) is 37.1 Å². The normalized spacial score (nSPS) is 11.3. The lowest BCUT2D eigenvalue weighted by molar-refractivity contribution is 0.0578. The first-order valence-corrected chi connectivity index (χ1v) is 7.79. The fraction of sp³-hybridized carbons (Fsp3) is 0.278. The number of benzene rings is 1. The molecule has 25 heavy (non-hydrogen) atoms. The second-order valence-electron chi connectivity index (χ2n) is 6.35. The molecule has 7 heteroatoms. The number of nitriles is 1. The highest BCUT2D eigenvalue weighted by atomic mass is 16.5. The summed E-state index contributed by atoms with van der Waals surface area (Å²) in [7, 11) is 1.58. The van der Waals surface area contributed by atoms with Crippen molar-refractivity contribution in [2.24, 2.45) is 0 Å². The molecule has 3 rings (SSSR count). The molecule has 0 saturated carbocycles. The van der Waals surface area contributed by atoms with Crippen molar-refractivity contribution >= 4 is 0 Å². The van der Waals surface area contributed by atoms with E-state index in [1.165, 1.54) is 0 Å². The maximum absolute atomic E-state index is 10.1. The Bertz CT molecular complexity index is 914. The Hall–Kier alpha value is -3.11. The van der Waals surface area contributed by atoms with Gasteiger partial charge in [0.1, 0.15) is 17.1 Å². The Morgan fingerprint density at radius 3 is 2.76 bits per heavy atom. The van der Waals surface area contributed by atoms with E-state index in [2.05, 4.69) is 16.3 Å². The number of aromatic nitrogens is 4. The Morgan fingerprint density at radius 1 is 1.36 bits per heavy atom.